The number of benzene rings is 1. The Kier molecular flexibility index (Phi) is 4.15. The highest BCUT2D eigenvalue weighted by Crippen LogP contribution is 2.30. The molecule has 92 valence electrons. The van der Waals surface area contributed by atoms with Gasteiger partial charge in [0.05, 0.1) is 12.6 Å². The van der Waals surface area contributed by atoms with E-state index < -0.39 is 0 Å². The van der Waals surface area contributed by atoms with E-state index in [9.17, 15) is 4.79 Å². The third-order valence-corrected chi connectivity index (χ3v) is 3.34. The highest BCUT2D eigenvalue weighted by molar-refractivity contribution is 5.77. The zero-order chi connectivity index (χ0) is 12.1. The maximum Gasteiger partial charge on any atom is 0.223 e. The second-order valence-electron chi connectivity index (χ2n) is 4.48. The summed E-state index contributed by atoms with van der Waals surface area (Å²) in [4.78, 5) is 13.8. The first-order valence-corrected chi connectivity index (χ1v) is 6.28. The van der Waals surface area contributed by atoms with Crippen molar-refractivity contribution < 1.29 is 9.90 Å². The lowest BCUT2D eigenvalue weighted by atomic mass is 10.0. The molecule has 1 aromatic rings. The molecule has 0 aromatic heterocycles. The Morgan fingerprint density at radius 1 is 1.24 bits per heavy atom. The summed E-state index contributed by atoms with van der Waals surface area (Å²) >= 11 is 0. The fourth-order valence-electron chi connectivity index (χ4n) is 2.50. The van der Waals surface area contributed by atoms with Crippen molar-refractivity contribution >= 4 is 5.91 Å². The van der Waals surface area contributed by atoms with E-state index in [4.69, 9.17) is 5.11 Å². The first-order chi connectivity index (χ1) is 8.33. The van der Waals surface area contributed by atoms with Gasteiger partial charge in [-0.3, -0.25) is 4.79 Å². The van der Waals surface area contributed by atoms with Gasteiger partial charge in [-0.1, -0.05) is 36.8 Å². The van der Waals surface area contributed by atoms with Gasteiger partial charge in [0.25, 0.3) is 0 Å². The molecule has 0 radical (unpaired) electrons. The average molecular weight is 233 g/mol. The number of nitrogens with zero attached hydrogens (tertiary/aromatic N) is 1. The van der Waals surface area contributed by atoms with E-state index in [2.05, 4.69) is 12.1 Å². The topological polar surface area (TPSA) is 40.5 Å². The highest BCUT2D eigenvalue weighted by Gasteiger charge is 2.26. The molecular weight excluding hydrogens is 214 g/mol. The molecule has 3 nitrogen and oxygen atoms in total. The lowest BCUT2D eigenvalue weighted by Gasteiger charge is -2.30. The van der Waals surface area contributed by atoms with Crippen LogP contribution in [0.3, 0.4) is 0 Å². The van der Waals surface area contributed by atoms with Crippen molar-refractivity contribution in [2.45, 2.75) is 31.7 Å². The summed E-state index contributed by atoms with van der Waals surface area (Å²) in [5.41, 5.74) is 1.18. The first-order valence-electron chi connectivity index (χ1n) is 6.28. The number of carbonyl (C=O) groups is 1. The molecule has 1 amide bonds. The van der Waals surface area contributed by atoms with E-state index in [-0.39, 0.29) is 18.6 Å². The van der Waals surface area contributed by atoms with Crippen LogP contribution in [0.1, 0.15) is 37.3 Å². The number of amides is 1. The molecule has 1 aromatic carbocycles. The maximum atomic E-state index is 12.0. The number of β-amino-alcohol motifs (C(OH)–C–C–N with tert-alkyl or cyclic N) is 1. The van der Waals surface area contributed by atoms with Gasteiger partial charge in [-0.15, -0.1) is 0 Å². The molecule has 1 aliphatic rings. The van der Waals surface area contributed by atoms with Crippen LogP contribution in [0.5, 0.6) is 0 Å². The van der Waals surface area contributed by atoms with Crippen molar-refractivity contribution in [2.24, 2.45) is 0 Å². The van der Waals surface area contributed by atoms with Crippen LogP contribution in [-0.2, 0) is 4.79 Å². The van der Waals surface area contributed by atoms with Gasteiger partial charge in [0, 0.05) is 13.0 Å². The van der Waals surface area contributed by atoms with Crippen LogP contribution in [-0.4, -0.2) is 29.1 Å². The van der Waals surface area contributed by atoms with Crippen molar-refractivity contribution in [3.63, 3.8) is 0 Å². The van der Waals surface area contributed by atoms with Crippen molar-refractivity contribution in [2.75, 3.05) is 13.2 Å². The Bertz CT molecular complexity index is 364. The van der Waals surface area contributed by atoms with E-state index in [1.807, 2.05) is 23.1 Å². The van der Waals surface area contributed by atoms with Crippen molar-refractivity contribution in [1.82, 2.24) is 4.90 Å². The summed E-state index contributed by atoms with van der Waals surface area (Å²) in [5, 5.41) is 9.10. The van der Waals surface area contributed by atoms with Crippen LogP contribution in [0, 0.1) is 0 Å². The summed E-state index contributed by atoms with van der Waals surface area (Å²) in [5.74, 6) is 0.172. The van der Waals surface area contributed by atoms with Gasteiger partial charge in [-0.05, 0) is 18.4 Å². The first kappa shape index (κ1) is 12.1. The van der Waals surface area contributed by atoms with Gasteiger partial charge in [0.15, 0.2) is 0 Å². The number of carbonyl (C=O) groups excluding carboxylic acids is 1. The van der Waals surface area contributed by atoms with Crippen LogP contribution in [0.4, 0.5) is 0 Å². The summed E-state index contributed by atoms with van der Waals surface area (Å²) in [7, 11) is 0. The van der Waals surface area contributed by atoms with Gasteiger partial charge >= 0.3 is 0 Å². The minimum atomic E-state index is 0.0368. The molecule has 0 aliphatic carbocycles. The predicted molar refractivity (Wildman–Crippen MR) is 66.4 cm³/mol. The Morgan fingerprint density at radius 2 is 2.00 bits per heavy atom. The van der Waals surface area contributed by atoms with Crippen LogP contribution in [0.2, 0.25) is 0 Å². The molecule has 1 aliphatic heterocycles. The largest absolute Gasteiger partial charge is 0.395 e. The molecular formula is C14H19NO2. The van der Waals surface area contributed by atoms with Gasteiger partial charge in [0.2, 0.25) is 5.91 Å². The number of aliphatic hydroxyl groups is 1. The Labute approximate surface area is 102 Å². The second kappa shape index (κ2) is 5.82. The van der Waals surface area contributed by atoms with Crippen molar-refractivity contribution in [3.05, 3.63) is 35.9 Å². The van der Waals surface area contributed by atoms with E-state index >= 15 is 0 Å². The number of likely N-dealkylation sites (tertiary alicyclic amines) is 1. The zero-order valence-corrected chi connectivity index (χ0v) is 10.0. The summed E-state index contributed by atoms with van der Waals surface area (Å²) in [6.45, 7) is 0.480. The van der Waals surface area contributed by atoms with Crippen molar-refractivity contribution in [3.8, 4) is 0 Å². The molecule has 3 heteroatoms. The third-order valence-electron chi connectivity index (χ3n) is 3.34. The molecule has 0 saturated carbocycles. The lowest BCUT2D eigenvalue weighted by molar-refractivity contribution is -0.133. The number of hydrogen-bond acceptors (Lipinski definition) is 2. The smallest absolute Gasteiger partial charge is 0.223 e. The van der Waals surface area contributed by atoms with Crippen molar-refractivity contribution in [1.29, 1.82) is 0 Å². The minimum Gasteiger partial charge on any atom is -0.395 e. The molecule has 17 heavy (non-hydrogen) atoms. The zero-order valence-electron chi connectivity index (χ0n) is 10.0. The van der Waals surface area contributed by atoms with Gasteiger partial charge in [-0.25, -0.2) is 0 Å². The van der Waals surface area contributed by atoms with E-state index in [0.29, 0.717) is 13.0 Å². The minimum absolute atomic E-state index is 0.0368. The van der Waals surface area contributed by atoms with Crippen LogP contribution >= 0.6 is 0 Å². The summed E-state index contributed by atoms with van der Waals surface area (Å²) < 4.78 is 0. The standard InChI is InChI=1S/C14H19NO2/c16-11-10-15-13(8-4-5-9-14(15)17)12-6-2-1-3-7-12/h1-3,6-7,13,16H,4-5,8-11H2. The van der Waals surface area contributed by atoms with Crippen LogP contribution in [0.25, 0.3) is 0 Å². The average Bonchev–Trinajstić information content (AvgIpc) is 2.54. The molecule has 1 heterocycles. The summed E-state index contributed by atoms with van der Waals surface area (Å²) in [6, 6.07) is 10.3. The number of aliphatic hydroxyl groups excluding tert-OH is 1. The fourth-order valence-corrected chi connectivity index (χ4v) is 2.50. The molecule has 1 fully saturated rings. The predicted octanol–water partition coefficient (Wildman–Crippen LogP) is 2.12. The number of hydrogen-bond donors (Lipinski definition) is 1. The monoisotopic (exact) mass is 233 g/mol. The molecule has 1 unspecified atom stereocenters. The van der Waals surface area contributed by atoms with Crippen LogP contribution in [0.15, 0.2) is 30.3 Å². The van der Waals surface area contributed by atoms with E-state index in [0.717, 1.165) is 19.3 Å². The molecule has 1 N–H and O–H groups in total. The normalized spacial score (nSPS) is 21.4. The van der Waals surface area contributed by atoms with Gasteiger partial charge in [-0.2, -0.15) is 0 Å². The van der Waals surface area contributed by atoms with E-state index in [1.165, 1.54) is 5.56 Å². The second-order valence-corrected chi connectivity index (χ2v) is 4.48. The Morgan fingerprint density at radius 3 is 2.71 bits per heavy atom. The molecule has 1 atom stereocenters. The molecule has 0 spiro atoms. The van der Waals surface area contributed by atoms with Gasteiger partial charge in [0.1, 0.15) is 0 Å². The molecule has 1 saturated heterocycles. The van der Waals surface area contributed by atoms with Gasteiger partial charge < -0.3 is 10.0 Å². The summed E-state index contributed by atoms with van der Waals surface area (Å²) in [6.07, 6.45) is 3.65. The quantitative estimate of drug-likeness (QED) is 0.868. The number of rotatable bonds is 3. The Hall–Kier alpha value is -1.35. The van der Waals surface area contributed by atoms with Crippen LogP contribution < -0.4 is 0 Å². The molecule has 0 bridgehead atoms. The fraction of sp³-hybridized carbons (Fsp3) is 0.500. The maximum absolute atomic E-state index is 12.0. The molecule has 2 rings (SSSR count). The highest BCUT2D eigenvalue weighted by atomic mass is 16.3. The third kappa shape index (κ3) is 2.86. The SMILES string of the molecule is O=C1CCCCC(c2ccccc2)N1CCO. The Balaban J connectivity index is 2.24. The van der Waals surface area contributed by atoms with E-state index in [1.54, 1.807) is 0 Å². The lowest BCUT2D eigenvalue weighted by Crippen LogP contribution is -2.35.